The standard InChI is InChI=1S/C27H33N5O3/c1-16-22(7-9-25(28)31-16)15-30-26(33)17(2)32-27(34)24-12-19(14-29-24)10-18-4-5-21-13-23(35-3)8-6-20(21)11-18/h4-9,11,13,17,19,24,29H,10,12,14-15H2,1-3H3,(H2,28,31)(H,30,33)(H,32,34)/t17?,19-,24+/m0/s1. The van der Waals surface area contributed by atoms with Crippen LogP contribution in [-0.4, -0.2) is 42.5 Å². The Morgan fingerprint density at radius 3 is 2.71 bits per heavy atom. The zero-order valence-electron chi connectivity index (χ0n) is 20.4. The number of benzene rings is 2. The minimum absolute atomic E-state index is 0.147. The number of amides is 2. The van der Waals surface area contributed by atoms with Crippen LogP contribution in [0.4, 0.5) is 5.82 Å². The molecule has 1 aromatic heterocycles. The highest BCUT2D eigenvalue weighted by molar-refractivity contribution is 5.89. The minimum Gasteiger partial charge on any atom is -0.497 e. The Hall–Kier alpha value is -3.65. The smallest absolute Gasteiger partial charge is 0.242 e. The SMILES string of the molecule is COc1ccc2cc(C[C@@H]3CN[C@@H](C(=O)NC(C)C(=O)NCc4ccc(N)nc4C)C3)ccc2c1. The van der Waals surface area contributed by atoms with Crippen LogP contribution in [0.25, 0.3) is 10.8 Å². The van der Waals surface area contributed by atoms with Crippen LogP contribution in [0.3, 0.4) is 0 Å². The summed E-state index contributed by atoms with van der Waals surface area (Å²) in [6.45, 7) is 4.64. The molecule has 1 fully saturated rings. The van der Waals surface area contributed by atoms with Crippen LogP contribution >= 0.6 is 0 Å². The van der Waals surface area contributed by atoms with E-state index in [0.717, 1.165) is 41.8 Å². The molecule has 1 unspecified atom stereocenters. The number of pyridine rings is 1. The van der Waals surface area contributed by atoms with E-state index in [-0.39, 0.29) is 17.9 Å². The number of aryl methyl sites for hydroxylation is 1. The van der Waals surface area contributed by atoms with Crippen molar-refractivity contribution in [1.29, 1.82) is 0 Å². The van der Waals surface area contributed by atoms with E-state index in [2.05, 4.69) is 45.2 Å². The van der Waals surface area contributed by atoms with Crippen molar-refractivity contribution in [3.05, 3.63) is 65.4 Å². The monoisotopic (exact) mass is 475 g/mol. The van der Waals surface area contributed by atoms with Crippen LogP contribution in [0.5, 0.6) is 5.75 Å². The first-order valence-corrected chi connectivity index (χ1v) is 11.9. The van der Waals surface area contributed by atoms with Crippen molar-refractivity contribution in [3.8, 4) is 5.75 Å². The highest BCUT2D eigenvalue weighted by Gasteiger charge is 2.31. The van der Waals surface area contributed by atoms with E-state index in [0.29, 0.717) is 18.3 Å². The van der Waals surface area contributed by atoms with Gasteiger partial charge < -0.3 is 26.4 Å². The normalized spacial score (nSPS) is 18.3. The van der Waals surface area contributed by atoms with Crippen LogP contribution < -0.4 is 26.4 Å². The lowest BCUT2D eigenvalue weighted by Gasteiger charge is -2.17. The molecule has 3 aromatic rings. The number of aromatic nitrogens is 1. The molecule has 1 saturated heterocycles. The first-order chi connectivity index (χ1) is 16.8. The lowest BCUT2D eigenvalue weighted by molar-refractivity contribution is -0.129. The van der Waals surface area contributed by atoms with E-state index in [1.54, 1.807) is 20.1 Å². The van der Waals surface area contributed by atoms with Crippen molar-refractivity contribution in [3.63, 3.8) is 0 Å². The third kappa shape index (κ3) is 6.08. The van der Waals surface area contributed by atoms with Crippen LogP contribution in [-0.2, 0) is 22.6 Å². The highest BCUT2D eigenvalue weighted by Crippen LogP contribution is 2.25. The molecule has 0 saturated carbocycles. The molecule has 3 atom stereocenters. The maximum Gasteiger partial charge on any atom is 0.242 e. The maximum atomic E-state index is 12.8. The fraction of sp³-hybridized carbons (Fsp3) is 0.370. The third-order valence-electron chi connectivity index (χ3n) is 6.60. The molecule has 0 aliphatic carbocycles. The molecule has 4 rings (SSSR count). The van der Waals surface area contributed by atoms with Gasteiger partial charge in [-0.15, -0.1) is 0 Å². The van der Waals surface area contributed by atoms with E-state index in [4.69, 9.17) is 10.5 Å². The number of fused-ring (bicyclic) bond motifs is 1. The molecule has 2 heterocycles. The molecule has 35 heavy (non-hydrogen) atoms. The maximum absolute atomic E-state index is 12.8. The predicted molar refractivity (Wildman–Crippen MR) is 137 cm³/mol. The van der Waals surface area contributed by atoms with E-state index >= 15 is 0 Å². The van der Waals surface area contributed by atoms with Gasteiger partial charge in [-0.2, -0.15) is 0 Å². The average Bonchev–Trinajstić information content (AvgIpc) is 3.31. The van der Waals surface area contributed by atoms with Crippen molar-refractivity contribution < 1.29 is 14.3 Å². The Bertz CT molecular complexity index is 1230. The summed E-state index contributed by atoms with van der Waals surface area (Å²) < 4.78 is 5.30. The molecule has 2 aromatic carbocycles. The lowest BCUT2D eigenvalue weighted by Crippen LogP contribution is -2.50. The zero-order chi connectivity index (χ0) is 24.9. The van der Waals surface area contributed by atoms with Crippen LogP contribution in [0.15, 0.2) is 48.5 Å². The number of ether oxygens (including phenoxy) is 1. The molecule has 8 nitrogen and oxygen atoms in total. The van der Waals surface area contributed by atoms with E-state index in [1.165, 1.54) is 10.9 Å². The number of nitrogens with two attached hydrogens (primary N) is 1. The number of anilines is 1. The van der Waals surface area contributed by atoms with Crippen molar-refractivity contribution in [2.24, 2.45) is 5.92 Å². The molecule has 1 aliphatic rings. The van der Waals surface area contributed by atoms with Crippen LogP contribution in [0.1, 0.15) is 30.2 Å². The number of rotatable bonds is 8. The van der Waals surface area contributed by atoms with Gasteiger partial charge in [0.05, 0.1) is 13.2 Å². The average molecular weight is 476 g/mol. The van der Waals surface area contributed by atoms with Crippen molar-refractivity contribution >= 4 is 28.4 Å². The summed E-state index contributed by atoms with van der Waals surface area (Å²) >= 11 is 0. The Morgan fingerprint density at radius 2 is 1.94 bits per heavy atom. The van der Waals surface area contributed by atoms with Crippen molar-refractivity contribution in [2.75, 3.05) is 19.4 Å². The van der Waals surface area contributed by atoms with Gasteiger partial charge in [0.15, 0.2) is 0 Å². The number of methoxy groups -OCH3 is 1. The first-order valence-electron chi connectivity index (χ1n) is 11.9. The van der Waals surface area contributed by atoms with E-state index in [9.17, 15) is 9.59 Å². The van der Waals surface area contributed by atoms with Crippen LogP contribution in [0.2, 0.25) is 0 Å². The molecule has 0 bridgehead atoms. The van der Waals surface area contributed by atoms with Gasteiger partial charge in [-0.3, -0.25) is 9.59 Å². The second-order valence-corrected chi connectivity index (χ2v) is 9.24. The van der Waals surface area contributed by atoms with Gasteiger partial charge >= 0.3 is 0 Å². The fourth-order valence-corrected chi connectivity index (χ4v) is 4.54. The number of carbonyl (C=O) groups is 2. The minimum atomic E-state index is -0.636. The lowest BCUT2D eigenvalue weighted by atomic mass is 9.95. The van der Waals surface area contributed by atoms with Gasteiger partial charge in [-0.1, -0.05) is 30.3 Å². The summed E-state index contributed by atoms with van der Waals surface area (Å²) in [6, 6.07) is 15.1. The van der Waals surface area contributed by atoms with E-state index < -0.39 is 6.04 Å². The summed E-state index contributed by atoms with van der Waals surface area (Å²) in [7, 11) is 1.67. The van der Waals surface area contributed by atoms with Gasteiger partial charge in [0.2, 0.25) is 11.8 Å². The molecular formula is C27H33N5O3. The topological polar surface area (TPSA) is 118 Å². The second-order valence-electron chi connectivity index (χ2n) is 9.24. The number of hydrogen-bond acceptors (Lipinski definition) is 6. The summed E-state index contributed by atoms with van der Waals surface area (Å²) in [4.78, 5) is 29.5. The first kappa shape index (κ1) is 24.5. The zero-order valence-corrected chi connectivity index (χ0v) is 20.4. The van der Waals surface area contributed by atoms with Gasteiger partial charge in [0.25, 0.3) is 0 Å². The number of nitrogens with one attached hydrogen (secondary N) is 3. The predicted octanol–water partition coefficient (Wildman–Crippen LogP) is 2.48. The summed E-state index contributed by atoms with van der Waals surface area (Å²) in [5, 5.41) is 11.3. The molecule has 8 heteroatoms. The molecular weight excluding hydrogens is 442 g/mol. The molecule has 0 spiro atoms. The van der Waals surface area contributed by atoms with Gasteiger partial charge in [-0.05, 0) is 79.3 Å². The number of hydrogen-bond donors (Lipinski definition) is 4. The highest BCUT2D eigenvalue weighted by atomic mass is 16.5. The van der Waals surface area contributed by atoms with Crippen molar-refractivity contribution in [2.45, 2.75) is 45.3 Å². The summed E-state index contributed by atoms with van der Waals surface area (Å²) in [5.74, 6) is 1.26. The largest absolute Gasteiger partial charge is 0.497 e. The fourth-order valence-electron chi connectivity index (χ4n) is 4.54. The Labute approximate surface area is 205 Å². The quantitative estimate of drug-likeness (QED) is 0.398. The Morgan fingerprint density at radius 1 is 1.17 bits per heavy atom. The van der Waals surface area contributed by atoms with Gasteiger partial charge in [0.1, 0.15) is 17.6 Å². The molecule has 5 N–H and O–H groups in total. The number of nitrogens with zero attached hydrogens (tertiary/aromatic N) is 1. The number of nitrogen functional groups attached to an aromatic ring is 1. The molecule has 184 valence electrons. The summed E-state index contributed by atoms with van der Waals surface area (Å²) in [5.41, 5.74) is 8.58. The van der Waals surface area contributed by atoms with Crippen LogP contribution in [0, 0.1) is 12.8 Å². The van der Waals surface area contributed by atoms with E-state index in [1.807, 2.05) is 25.1 Å². The third-order valence-corrected chi connectivity index (χ3v) is 6.60. The Kier molecular flexibility index (Phi) is 7.51. The second kappa shape index (κ2) is 10.7. The Balaban J connectivity index is 1.26. The van der Waals surface area contributed by atoms with Gasteiger partial charge in [-0.25, -0.2) is 4.98 Å². The summed E-state index contributed by atoms with van der Waals surface area (Å²) in [6.07, 6.45) is 1.63. The molecule has 2 amide bonds. The van der Waals surface area contributed by atoms with Crippen molar-refractivity contribution in [1.82, 2.24) is 20.9 Å². The number of carbonyl (C=O) groups excluding carboxylic acids is 2. The molecule has 0 radical (unpaired) electrons. The van der Waals surface area contributed by atoms with Gasteiger partial charge in [0, 0.05) is 12.2 Å². The molecule has 1 aliphatic heterocycles.